The predicted octanol–water partition coefficient (Wildman–Crippen LogP) is 5.42. The standard InChI is InChI=1S/2C14H23NO4/c2*1-14(2,3)19-13(18)15-11-9-7-5-4-6-8-10(11)12(16)17/h2*7,9-11H,4-6,8H2,1-3H3,(H,15,18)(H,16,17)/b2*9-7-/t2*10-,11+/m10/s1. The van der Waals surface area contributed by atoms with Crippen LogP contribution >= 0.6 is 0 Å². The summed E-state index contributed by atoms with van der Waals surface area (Å²) in [4.78, 5) is 46.0. The molecule has 0 aromatic heterocycles. The first-order chi connectivity index (χ1) is 17.6. The lowest BCUT2D eigenvalue weighted by Gasteiger charge is -2.26. The van der Waals surface area contributed by atoms with E-state index in [0.29, 0.717) is 12.8 Å². The van der Waals surface area contributed by atoms with E-state index in [2.05, 4.69) is 10.6 Å². The fourth-order valence-electron chi connectivity index (χ4n) is 4.10. The molecule has 4 atom stereocenters. The van der Waals surface area contributed by atoms with Crippen LogP contribution in [0, 0.1) is 11.8 Å². The van der Waals surface area contributed by atoms with Crippen molar-refractivity contribution in [1.29, 1.82) is 0 Å². The highest BCUT2D eigenvalue weighted by atomic mass is 16.6. The molecule has 0 fully saturated rings. The average Bonchev–Trinajstić information content (AvgIpc) is 2.69. The quantitative estimate of drug-likeness (QED) is 0.346. The Morgan fingerprint density at radius 2 is 1.00 bits per heavy atom. The number of aliphatic carboxylic acids is 2. The van der Waals surface area contributed by atoms with Crippen LogP contribution < -0.4 is 10.6 Å². The van der Waals surface area contributed by atoms with Gasteiger partial charge >= 0.3 is 24.1 Å². The first-order valence-corrected chi connectivity index (χ1v) is 13.4. The lowest BCUT2D eigenvalue weighted by atomic mass is 9.90. The Hall–Kier alpha value is -3.04. The van der Waals surface area contributed by atoms with Gasteiger partial charge in [-0.3, -0.25) is 9.59 Å². The molecule has 10 heteroatoms. The Morgan fingerprint density at radius 1 is 0.658 bits per heavy atom. The minimum Gasteiger partial charge on any atom is -0.481 e. The zero-order valence-electron chi connectivity index (χ0n) is 23.6. The Labute approximate surface area is 226 Å². The maximum atomic E-state index is 11.7. The molecule has 0 bridgehead atoms. The summed E-state index contributed by atoms with van der Waals surface area (Å²) >= 11 is 0. The molecular formula is C28H46N2O8. The van der Waals surface area contributed by atoms with E-state index in [1.165, 1.54) is 0 Å². The number of amides is 2. The van der Waals surface area contributed by atoms with Crippen molar-refractivity contribution in [2.45, 2.75) is 116 Å². The van der Waals surface area contributed by atoms with E-state index in [4.69, 9.17) is 9.47 Å². The summed E-state index contributed by atoms with van der Waals surface area (Å²) in [5.74, 6) is -2.95. The average molecular weight is 539 g/mol. The molecule has 0 radical (unpaired) electrons. The number of ether oxygens (including phenoxy) is 2. The van der Waals surface area contributed by atoms with E-state index in [1.54, 1.807) is 53.7 Å². The third kappa shape index (κ3) is 14.0. The molecule has 0 saturated heterocycles. The molecule has 0 aliphatic heterocycles. The number of allylic oxidation sites excluding steroid dienone is 2. The molecule has 2 rings (SSSR count). The molecule has 0 aromatic rings. The lowest BCUT2D eigenvalue weighted by molar-refractivity contribution is -0.143. The van der Waals surface area contributed by atoms with Gasteiger partial charge in [0.2, 0.25) is 0 Å². The van der Waals surface area contributed by atoms with Crippen molar-refractivity contribution in [3.05, 3.63) is 24.3 Å². The summed E-state index contributed by atoms with van der Waals surface area (Å²) < 4.78 is 10.3. The summed E-state index contributed by atoms with van der Waals surface area (Å²) in [6.07, 6.45) is 12.9. The summed E-state index contributed by atoms with van der Waals surface area (Å²) in [5.41, 5.74) is -1.18. The van der Waals surface area contributed by atoms with Crippen LogP contribution in [0.2, 0.25) is 0 Å². The van der Waals surface area contributed by atoms with Crippen LogP contribution in [-0.2, 0) is 19.1 Å². The highest BCUT2D eigenvalue weighted by Gasteiger charge is 2.30. The van der Waals surface area contributed by atoms with E-state index in [-0.39, 0.29) is 0 Å². The van der Waals surface area contributed by atoms with Crippen LogP contribution in [0.15, 0.2) is 24.3 Å². The number of carbonyl (C=O) groups is 4. The molecule has 0 spiro atoms. The number of nitrogens with one attached hydrogen (secondary N) is 2. The van der Waals surface area contributed by atoms with Crippen molar-refractivity contribution < 1.29 is 38.9 Å². The maximum Gasteiger partial charge on any atom is 0.408 e. The first-order valence-electron chi connectivity index (χ1n) is 13.4. The number of carboxylic acids is 2. The van der Waals surface area contributed by atoms with Gasteiger partial charge in [-0.2, -0.15) is 0 Å². The van der Waals surface area contributed by atoms with E-state index < -0.39 is 59.2 Å². The molecule has 2 amide bonds. The zero-order chi connectivity index (χ0) is 28.9. The van der Waals surface area contributed by atoms with Crippen LogP contribution in [0.25, 0.3) is 0 Å². The normalized spacial score (nSPS) is 25.8. The maximum absolute atomic E-state index is 11.7. The molecule has 10 nitrogen and oxygen atoms in total. The van der Waals surface area contributed by atoms with E-state index in [9.17, 15) is 29.4 Å². The van der Waals surface area contributed by atoms with Gasteiger partial charge in [0.1, 0.15) is 11.2 Å². The zero-order valence-corrected chi connectivity index (χ0v) is 23.6. The van der Waals surface area contributed by atoms with Crippen LogP contribution in [0.4, 0.5) is 9.59 Å². The number of hydrogen-bond acceptors (Lipinski definition) is 6. The molecule has 0 aromatic carbocycles. The van der Waals surface area contributed by atoms with Crippen LogP contribution in [0.5, 0.6) is 0 Å². The van der Waals surface area contributed by atoms with E-state index in [0.717, 1.165) is 38.5 Å². The summed E-state index contributed by atoms with van der Waals surface area (Å²) in [6.45, 7) is 10.6. The summed E-state index contributed by atoms with van der Waals surface area (Å²) in [5, 5.41) is 23.8. The topological polar surface area (TPSA) is 151 Å². The second-order valence-electron chi connectivity index (χ2n) is 11.7. The van der Waals surface area contributed by atoms with Gasteiger partial charge in [-0.25, -0.2) is 9.59 Å². The molecule has 4 N–H and O–H groups in total. The van der Waals surface area contributed by atoms with Gasteiger partial charge in [0.25, 0.3) is 0 Å². The smallest absolute Gasteiger partial charge is 0.408 e. The van der Waals surface area contributed by atoms with Gasteiger partial charge in [-0.15, -0.1) is 0 Å². The Morgan fingerprint density at radius 3 is 1.29 bits per heavy atom. The van der Waals surface area contributed by atoms with Gasteiger partial charge in [-0.05, 0) is 80.1 Å². The largest absolute Gasteiger partial charge is 0.481 e. The Balaban J connectivity index is 0.000000380. The van der Waals surface area contributed by atoms with Gasteiger partial charge in [0.05, 0.1) is 23.9 Å². The Bertz CT molecular complexity index is 784. The molecule has 216 valence electrons. The summed E-state index contributed by atoms with van der Waals surface area (Å²) in [7, 11) is 0. The fraction of sp³-hybridized carbons (Fsp3) is 0.714. The molecular weight excluding hydrogens is 492 g/mol. The molecule has 2 aliphatic carbocycles. The number of carboxylic acid groups (broad SMARTS) is 2. The minimum absolute atomic E-state index is 0.507. The molecule has 2 aliphatic rings. The minimum atomic E-state index is -0.882. The molecule has 0 unspecified atom stereocenters. The predicted molar refractivity (Wildman–Crippen MR) is 144 cm³/mol. The molecule has 0 heterocycles. The van der Waals surface area contributed by atoms with Crippen molar-refractivity contribution in [1.82, 2.24) is 10.6 Å². The van der Waals surface area contributed by atoms with Crippen molar-refractivity contribution in [3.8, 4) is 0 Å². The van der Waals surface area contributed by atoms with Gasteiger partial charge in [-0.1, -0.05) is 37.1 Å². The number of rotatable bonds is 4. The van der Waals surface area contributed by atoms with Gasteiger partial charge in [0, 0.05) is 0 Å². The Kier molecular flexibility index (Phi) is 13.4. The first kappa shape index (κ1) is 33.0. The van der Waals surface area contributed by atoms with Crippen molar-refractivity contribution in [2.75, 3.05) is 0 Å². The van der Waals surface area contributed by atoms with Crippen LogP contribution in [-0.4, -0.2) is 57.6 Å². The number of carbonyl (C=O) groups excluding carboxylic acids is 2. The fourth-order valence-corrected chi connectivity index (χ4v) is 4.10. The number of hydrogen-bond donors (Lipinski definition) is 4. The van der Waals surface area contributed by atoms with Gasteiger partial charge < -0.3 is 30.3 Å². The SMILES string of the molecule is CC(C)(C)OC(=O)N[C@@H]1/C=C\CCCC[C@@H]1C(=O)O.CC(C)(C)OC(=O)N[C@H]1/C=C\CCCC[C@H]1C(=O)O. The van der Waals surface area contributed by atoms with Crippen molar-refractivity contribution in [2.24, 2.45) is 11.8 Å². The van der Waals surface area contributed by atoms with Crippen LogP contribution in [0.3, 0.4) is 0 Å². The van der Waals surface area contributed by atoms with E-state index in [1.807, 2.05) is 12.2 Å². The molecule has 0 saturated carbocycles. The third-order valence-electron chi connectivity index (χ3n) is 5.83. The highest BCUT2D eigenvalue weighted by molar-refractivity contribution is 5.75. The van der Waals surface area contributed by atoms with Crippen molar-refractivity contribution in [3.63, 3.8) is 0 Å². The second kappa shape index (κ2) is 15.4. The summed E-state index contributed by atoms with van der Waals surface area (Å²) in [6, 6.07) is -1.01. The third-order valence-corrected chi connectivity index (χ3v) is 5.83. The highest BCUT2D eigenvalue weighted by Crippen LogP contribution is 2.21. The monoisotopic (exact) mass is 538 g/mol. The van der Waals surface area contributed by atoms with Crippen LogP contribution in [0.1, 0.15) is 92.9 Å². The number of alkyl carbamates (subject to hydrolysis) is 2. The molecule has 38 heavy (non-hydrogen) atoms. The second-order valence-corrected chi connectivity index (χ2v) is 11.7. The van der Waals surface area contributed by atoms with Gasteiger partial charge in [0.15, 0.2) is 0 Å². The van der Waals surface area contributed by atoms with Crippen molar-refractivity contribution >= 4 is 24.1 Å². The lowest BCUT2D eigenvalue weighted by Crippen LogP contribution is -2.44. The van der Waals surface area contributed by atoms with E-state index >= 15 is 0 Å².